The lowest BCUT2D eigenvalue weighted by Crippen LogP contribution is -2.40. The van der Waals surface area contributed by atoms with Gasteiger partial charge in [0.15, 0.2) is 11.2 Å². The standard InChI is InChI=1S/C21H27N5O2/c1-4-5-6-12-26-19(27)17-18(23(3)21(26)28)22-20-24(13-7-14-25(17)20)16-10-8-15(2)9-11-16/h8-11H,4-7,12-14H2,1-3H3. The maximum Gasteiger partial charge on any atom is 0.332 e. The number of fused-ring (bicyclic) bond motifs is 3. The second-order valence-corrected chi connectivity index (χ2v) is 7.58. The summed E-state index contributed by atoms with van der Waals surface area (Å²) in [6.07, 6.45) is 3.79. The summed E-state index contributed by atoms with van der Waals surface area (Å²) in [6.45, 7) is 6.20. The molecular weight excluding hydrogens is 354 g/mol. The van der Waals surface area contributed by atoms with Gasteiger partial charge in [-0.25, -0.2) is 4.79 Å². The second-order valence-electron chi connectivity index (χ2n) is 7.58. The van der Waals surface area contributed by atoms with E-state index in [0.29, 0.717) is 17.7 Å². The molecule has 0 spiro atoms. The van der Waals surface area contributed by atoms with Gasteiger partial charge in [-0.15, -0.1) is 0 Å². The highest BCUT2D eigenvalue weighted by molar-refractivity contribution is 5.77. The highest BCUT2D eigenvalue weighted by Gasteiger charge is 2.26. The summed E-state index contributed by atoms with van der Waals surface area (Å²) in [4.78, 5) is 32.8. The molecule has 3 aromatic rings. The van der Waals surface area contributed by atoms with Crippen LogP contribution in [0.3, 0.4) is 0 Å². The van der Waals surface area contributed by atoms with Crippen LogP contribution in [0.1, 0.15) is 38.2 Å². The first kappa shape index (κ1) is 18.5. The minimum atomic E-state index is -0.286. The van der Waals surface area contributed by atoms with Gasteiger partial charge in [-0.05, 0) is 31.9 Å². The molecule has 0 fully saturated rings. The van der Waals surface area contributed by atoms with Gasteiger partial charge in [0.05, 0.1) is 0 Å². The van der Waals surface area contributed by atoms with E-state index in [0.717, 1.165) is 50.4 Å². The van der Waals surface area contributed by atoms with E-state index in [1.165, 1.54) is 14.7 Å². The van der Waals surface area contributed by atoms with E-state index in [1.54, 1.807) is 7.05 Å². The average Bonchev–Trinajstić information content (AvgIpc) is 3.09. The van der Waals surface area contributed by atoms with E-state index in [9.17, 15) is 9.59 Å². The van der Waals surface area contributed by atoms with E-state index in [2.05, 4.69) is 43.0 Å². The smallest absolute Gasteiger partial charge is 0.312 e. The third kappa shape index (κ3) is 2.95. The summed E-state index contributed by atoms with van der Waals surface area (Å²) in [5.41, 5.74) is 2.74. The predicted octanol–water partition coefficient (Wildman–Crippen LogP) is 2.94. The van der Waals surface area contributed by atoms with Crippen LogP contribution >= 0.6 is 0 Å². The first-order chi connectivity index (χ1) is 13.5. The normalized spacial score (nSPS) is 13.9. The number of aryl methyl sites for hydroxylation is 3. The van der Waals surface area contributed by atoms with Crippen molar-refractivity contribution in [1.29, 1.82) is 0 Å². The molecule has 7 heteroatoms. The Labute approximate surface area is 163 Å². The van der Waals surface area contributed by atoms with Crippen molar-refractivity contribution in [2.24, 2.45) is 7.05 Å². The van der Waals surface area contributed by atoms with Gasteiger partial charge in [-0.3, -0.25) is 13.9 Å². The maximum absolute atomic E-state index is 13.2. The van der Waals surface area contributed by atoms with E-state index < -0.39 is 0 Å². The molecule has 2 aromatic heterocycles. The van der Waals surface area contributed by atoms with Crippen LogP contribution < -0.4 is 16.1 Å². The zero-order valence-corrected chi connectivity index (χ0v) is 16.8. The molecule has 1 aromatic carbocycles. The summed E-state index contributed by atoms with van der Waals surface area (Å²) in [5.74, 6) is 0.739. The van der Waals surface area contributed by atoms with Gasteiger partial charge in [0, 0.05) is 32.4 Å². The zero-order chi connectivity index (χ0) is 19.8. The van der Waals surface area contributed by atoms with Crippen LogP contribution in [0.25, 0.3) is 11.2 Å². The van der Waals surface area contributed by atoms with Crippen LogP contribution in [0.5, 0.6) is 0 Å². The Balaban J connectivity index is 1.88. The number of hydrogen-bond acceptors (Lipinski definition) is 4. The van der Waals surface area contributed by atoms with Gasteiger partial charge in [-0.1, -0.05) is 37.5 Å². The summed E-state index contributed by atoms with van der Waals surface area (Å²) < 4.78 is 4.87. The lowest BCUT2D eigenvalue weighted by molar-refractivity contribution is 0.546. The van der Waals surface area contributed by atoms with Crippen LogP contribution in [0, 0.1) is 6.92 Å². The molecule has 0 saturated carbocycles. The van der Waals surface area contributed by atoms with Crippen molar-refractivity contribution in [3.63, 3.8) is 0 Å². The number of hydrogen-bond donors (Lipinski definition) is 0. The molecule has 28 heavy (non-hydrogen) atoms. The van der Waals surface area contributed by atoms with Gasteiger partial charge in [0.25, 0.3) is 5.56 Å². The summed E-state index contributed by atoms with van der Waals surface area (Å²) in [7, 11) is 1.70. The molecule has 0 radical (unpaired) electrons. The van der Waals surface area contributed by atoms with Gasteiger partial charge in [0.1, 0.15) is 0 Å². The molecule has 4 rings (SSSR count). The lowest BCUT2D eigenvalue weighted by atomic mass is 10.2. The van der Waals surface area contributed by atoms with Crippen molar-refractivity contribution in [1.82, 2.24) is 18.7 Å². The van der Waals surface area contributed by atoms with Gasteiger partial charge in [0.2, 0.25) is 5.95 Å². The molecule has 3 heterocycles. The number of imidazole rings is 1. The molecule has 0 aliphatic carbocycles. The molecule has 1 aliphatic heterocycles. The topological polar surface area (TPSA) is 65.1 Å². The van der Waals surface area contributed by atoms with Crippen LogP contribution in [-0.2, 0) is 20.1 Å². The summed E-state index contributed by atoms with van der Waals surface area (Å²) in [5, 5.41) is 0. The molecule has 0 saturated heterocycles. The fourth-order valence-electron chi connectivity index (χ4n) is 3.95. The van der Waals surface area contributed by atoms with Crippen molar-refractivity contribution in [3.05, 3.63) is 50.7 Å². The van der Waals surface area contributed by atoms with Crippen LogP contribution in [-0.4, -0.2) is 25.2 Å². The minimum absolute atomic E-state index is 0.223. The number of anilines is 2. The lowest BCUT2D eigenvalue weighted by Gasteiger charge is -2.29. The fourth-order valence-corrected chi connectivity index (χ4v) is 3.95. The van der Waals surface area contributed by atoms with Crippen LogP contribution in [0.2, 0.25) is 0 Å². The molecule has 0 bridgehead atoms. The van der Waals surface area contributed by atoms with Crippen molar-refractivity contribution in [3.8, 4) is 0 Å². The van der Waals surface area contributed by atoms with E-state index in [-0.39, 0.29) is 11.2 Å². The van der Waals surface area contributed by atoms with Crippen LogP contribution in [0.4, 0.5) is 11.6 Å². The Kier molecular flexibility index (Phi) is 4.83. The average molecular weight is 381 g/mol. The number of rotatable bonds is 5. The first-order valence-corrected chi connectivity index (χ1v) is 10.1. The molecular formula is C21H27N5O2. The molecule has 0 amide bonds. The Hall–Kier alpha value is -2.83. The summed E-state index contributed by atoms with van der Waals surface area (Å²) in [6, 6.07) is 8.31. The summed E-state index contributed by atoms with van der Waals surface area (Å²) >= 11 is 0. The monoisotopic (exact) mass is 381 g/mol. The van der Waals surface area contributed by atoms with Crippen molar-refractivity contribution in [2.45, 2.75) is 52.6 Å². The molecule has 0 atom stereocenters. The minimum Gasteiger partial charge on any atom is -0.312 e. The third-order valence-corrected chi connectivity index (χ3v) is 5.55. The number of unbranched alkanes of at least 4 members (excludes halogenated alkanes) is 2. The Morgan fingerprint density at radius 2 is 1.82 bits per heavy atom. The highest BCUT2D eigenvalue weighted by Crippen LogP contribution is 2.30. The van der Waals surface area contributed by atoms with E-state index >= 15 is 0 Å². The van der Waals surface area contributed by atoms with Crippen LogP contribution in [0.15, 0.2) is 33.9 Å². The van der Waals surface area contributed by atoms with Crippen molar-refractivity contribution >= 4 is 22.8 Å². The molecule has 148 valence electrons. The number of benzene rings is 1. The Morgan fingerprint density at radius 1 is 1.07 bits per heavy atom. The molecule has 0 N–H and O–H groups in total. The third-order valence-electron chi connectivity index (χ3n) is 5.55. The SMILES string of the molecule is CCCCCn1c(=O)c2c(nc3n2CCCN3c2ccc(C)cc2)n(C)c1=O. The Morgan fingerprint density at radius 3 is 2.54 bits per heavy atom. The van der Waals surface area contributed by atoms with Gasteiger partial charge in [-0.2, -0.15) is 4.98 Å². The second kappa shape index (κ2) is 7.30. The van der Waals surface area contributed by atoms with Crippen molar-refractivity contribution < 1.29 is 0 Å². The Bertz CT molecular complexity index is 1120. The van der Waals surface area contributed by atoms with Gasteiger partial charge >= 0.3 is 5.69 Å². The van der Waals surface area contributed by atoms with Crippen molar-refractivity contribution in [2.75, 3.05) is 11.4 Å². The molecule has 0 unspecified atom stereocenters. The number of nitrogens with zero attached hydrogens (tertiary/aromatic N) is 5. The predicted molar refractivity (Wildman–Crippen MR) is 112 cm³/mol. The molecule has 7 nitrogen and oxygen atoms in total. The molecule has 1 aliphatic rings. The fraction of sp³-hybridized carbons (Fsp3) is 0.476. The first-order valence-electron chi connectivity index (χ1n) is 10.1. The zero-order valence-electron chi connectivity index (χ0n) is 16.8. The van der Waals surface area contributed by atoms with E-state index in [4.69, 9.17) is 4.98 Å². The quantitative estimate of drug-likeness (QED) is 0.638. The largest absolute Gasteiger partial charge is 0.332 e. The number of aromatic nitrogens is 4. The van der Waals surface area contributed by atoms with Gasteiger partial charge < -0.3 is 9.47 Å². The van der Waals surface area contributed by atoms with E-state index in [1.807, 2.05) is 4.57 Å². The maximum atomic E-state index is 13.2. The highest BCUT2D eigenvalue weighted by atomic mass is 16.2.